The van der Waals surface area contributed by atoms with Crippen LogP contribution in [0, 0.1) is 6.92 Å². The summed E-state index contributed by atoms with van der Waals surface area (Å²) >= 11 is 0. The maximum absolute atomic E-state index is 4.92. The molecule has 0 atom stereocenters. The predicted octanol–water partition coefficient (Wildman–Crippen LogP) is 2.96. The molecule has 0 bridgehead atoms. The fourth-order valence-electron chi connectivity index (χ4n) is 1.00. The first-order valence-corrected chi connectivity index (χ1v) is 3.96. The van der Waals surface area contributed by atoms with Crippen molar-refractivity contribution in [3.8, 4) is 0 Å². The fraction of sp³-hybridized carbons (Fsp3) is 0.300. The molecule has 1 heterocycles. The summed E-state index contributed by atoms with van der Waals surface area (Å²) in [6, 6.07) is 0. The van der Waals surface area contributed by atoms with E-state index in [0.29, 0.717) is 0 Å². The van der Waals surface area contributed by atoms with Crippen molar-refractivity contribution in [2.45, 2.75) is 20.8 Å². The van der Waals surface area contributed by atoms with Crippen molar-refractivity contribution in [2.75, 3.05) is 0 Å². The van der Waals surface area contributed by atoms with Gasteiger partial charge in [-0.25, -0.2) is 0 Å². The lowest BCUT2D eigenvalue weighted by molar-refractivity contribution is 0.397. The first-order chi connectivity index (χ1) is 5.74. The summed E-state index contributed by atoms with van der Waals surface area (Å²) < 4.78 is 4.92. The molecule has 0 aliphatic rings. The molecule has 64 valence electrons. The number of aromatic nitrogens is 1. The summed E-state index contributed by atoms with van der Waals surface area (Å²) in [6.45, 7) is 5.95. The third-order valence-corrected chi connectivity index (χ3v) is 1.60. The third-order valence-electron chi connectivity index (χ3n) is 1.60. The van der Waals surface area contributed by atoms with Gasteiger partial charge >= 0.3 is 0 Å². The molecule has 0 saturated carbocycles. The van der Waals surface area contributed by atoms with E-state index in [1.165, 1.54) is 5.57 Å². The Kier molecular flexibility index (Phi) is 2.86. The van der Waals surface area contributed by atoms with Crippen LogP contribution < -0.4 is 0 Å². The van der Waals surface area contributed by atoms with E-state index < -0.39 is 0 Å². The van der Waals surface area contributed by atoms with Crippen molar-refractivity contribution in [1.29, 1.82) is 0 Å². The van der Waals surface area contributed by atoms with Gasteiger partial charge in [-0.1, -0.05) is 22.9 Å². The fourth-order valence-corrected chi connectivity index (χ4v) is 1.00. The van der Waals surface area contributed by atoms with Crippen molar-refractivity contribution in [3.63, 3.8) is 0 Å². The first kappa shape index (κ1) is 8.78. The summed E-state index contributed by atoms with van der Waals surface area (Å²) in [4.78, 5) is 0. The molecular weight excluding hydrogens is 150 g/mol. The Morgan fingerprint density at radius 3 is 2.83 bits per heavy atom. The lowest BCUT2D eigenvalue weighted by Gasteiger charge is -1.89. The normalized spacial score (nSPS) is 12.8. The van der Waals surface area contributed by atoms with Gasteiger partial charge in [0.2, 0.25) is 0 Å². The van der Waals surface area contributed by atoms with Crippen LogP contribution in [0.2, 0.25) is 0 Å². The van der Waals surface area contributed by atoms with Gasteiger partial charge in [-0.2, -0.15) is 0 Å². The Hall–Kier alpha value is -1.31. The highest BCUT2D eigenvalue weighted by molar-refractivity contribution is 5.55. The van der Waals surface area contributed by atoms with Crippen molar-refractivity contribution >= 4 is 6.08 Å². The van der Waals surface area contributed by atoms with Gasteiger partial charge in [-0.3, -0.25) is 0 Å². The van der Waals surface area contributed by atoms with Crippen LogP contribution >= 0.6 is 0 Å². The van der Waals surface area contributed by atoms with E-state index in [2.05, 4.69) is 5.16 Å². The van der Waals surface area contributed by atoms with E-state index in [1.54, 1.807) is 6.20 Å². The van der Waals surface area contributed by atoms with Crippen molar-refractivity contribution < 1.29 is 4.52 Å². The molecule has 1 aromatic rings. The van der Waals surface area contributed by atoms with Crippen molar-refractivity contribution in [2.24, 2.45) is 0 Å². The average Bonchev–Trinajstić information content (AvgIpc) is 2.37. The Labute approximate surface area is 72.6 Å². The average molecular weight is 163 g/mol. The topological polar surface area (TPSA) is 26.0 Å². The second-order valence-corrected chi connectivity index (χ2v) is 2.73. The van der Waals surface area contributed by atoms with E-state index >= 15 is 0 Å². The van der Waals surface area contributed by atoms with Gasteiger partial charge < -0.3 is 4.52 Å². The molecule has 1 rings (SSSR count). The second kappa shape index (κ2) is 3.90. The predicted molar refractivity (Wildman–Crippen MR) is 49.7 cm³/mol. The summed E-state index contributed by atoms with van der Waals surface area (Å²) in [6.07, 6.45) is 7.83. The molecule has 1 aromatic heterocycles. The molecular formula is C10H13NO. The van der Waals surface area contributed by atoms with Gasteiger partial charge in [0.15, 0.2) is 0 Å². The van der Waals surface area contributed by atoms with Crippen LogP contribution in [0.4, 0.5) is 0 Å². The molecule has 0 fully saturated rings. The van der Waals surface area contributed by atoms with Crippen LogP contribution in [0.25, 0.3) is 6.08 Å². The minimum absolute atomic E-state index is 0.860. The number of aryl methyl sites for hydroxylation is 1. The van der Waals surface area contributed by atoms with Gasteiger partial charge in [-0.15, -0.1) is 0 Å². The molecule has 0 N–H and O–H groups in total. The lowest BCUT2D eigenvalue weighted by atomic mass is 10.2. The molecule has 0 saturated heterocycles. The molecule has 12 heavy (non-hydrogen) atoms. The van der Waals surface area contributed by atoms with Gasteiger partial charge in [0.1, 0.15) is 5.76 Å². The van der Waals surface area contributed by atoms with Crippen LogP contribution in [0.15, 0.2) is 28.4 Å². The SMILES string of the molecule is C/C=C\C(C)=C/c1cnoc1C. The maximum atomic E-state index is 4.92. The van der Waals surface area contributed by atoms with E-state index in [4.69, 9.17) is 4.52 Å². The molecule has 0 aliphatic carbocycles. The molecule has 0 unspecified atom stereocenters. The van der Waals surface area contributed by atoms with Gasteiger partial charge in [0.25, 0.3) is 0 Å². The molecule has 2 heteroatoms. The molecule has 0 aromatic carbocycles. The van der Waals surface area contributed by atoms with Crippen LogP contribution in [0.1, 0.15) is 25.2 Å². The highest BCUT2D eigenvalue weighted by Gasteiger charge is 1.97. The Morgan fingerprint density at radius 2 is 2.33 bits per heavy atom. The Morgan fingerprint density at radius 1 is 1.58 bits per heavy atom. The van der Waals surface area contributed by atoms with Crippen molar-refractivity contribution in [3.05, 3.63) is 35.2 Å². The first-order valence-electron chi connectivity index (χ1n) is 3.96. The van der Waals surface area contributed by atoms with E-state index in [0.717, 1.165) is 11.3 Å². The zero-order valence-electron chi connectivity index (χ0n) is 7.66. The van der Waals surface area contributed by atoms with Crippen LogP contribution in [0.3, 0.4) is 0 Å². The van der Waals surface area contributed by atoms with E-state index in [9.17, 15) is 0 Å². The Bertz CT molecular complexity index is 307. The summed E-state index contributed by atoms with van der Waals surface area (Å²) in [5.41, 5.74) is 2.24. The van der Waals surface area contributed by atoms with Gasteiger partial charge in [0.05, 0.1) is 6.20 Å². The Balaban J connectivity index is 2.87. The quantitative estimate of drug-likeness (QED) is 0.626. The van der Waals surface area contributed by atoms with Crippen molar-refractivity contribution in [1.82, 2.24) is 5.16 Å². The molecule has 0 aliphatic heterocycles. The number of allylic oxidation sites excluding steroid dienone is 3. The molecule has 0 spiro atoms. The van der Waals surface area contributed by atoms with Crippen LogP contribution in [0.5, 0.6) is 0 Å². The number of nitrogens with zero attached hydrogens (tertiary/aromatic N) is 1. The minimum Gasteiger partial charge on any atom is -0.361 e. The molecule has 0 amide bonds. The second-order valence-electron chi connectivity index (χ2n) is 2.73. The third kappa shape index (κ3) is 2.09. The maximum Gasteiger partial charge on any atom is 0.140 e. The molecule has 0 radical (unpaired) electrons. The zero-order valence-corrected chi connectivity index (χ0v) is 7.66. The number of hydrogen-bond donors (Lipinski definition) is 0. The lowest BCUT2D eigenvalue weighted by Crippen LogP contribution is -1.72. The zero-order chi connectivity index (χ0) is 8.97. The smallest absolute Gasteiger partial charge is 0.140 e. The standard InChI is InChI=1S/C10H13NO/c1-4-5-8(2)6-10-7-11-12-9(10)3/h4-7H,1-3H3/b5-4-,8-6-. The number of hydrogen-bond acceptors (Lipinski definition) is 2. The summed E-state index contributed by atoms with van der Waals surface area (Å²) in [7, 11) is 0. The largest absolute Gasteiger partial charge is 0.361 e. The highest BCUT2D eigenvalue weighted by Crippen LogP contribution is 2.11. The summed E-state index contributed by atoms with van der Waals surface area (Å²) in [5.74, 6) is 0.860. The van der Waals surface area contributed by atoms with E-state index in [-0.39, 0.29) is 0 Å². The minimum atomic E-state index is 0.860. The van der Waals surface area contributed by atoms with E-state index in [1.807, 2.05) is 39.0 Å². The van der Waals surface area contributed by atoms with Gasteiger partial charge in [-0.05, 0) is 26.8 Å². The molecule has 2 nitrogen and oxygen atoms in total. The number of rotatable bonds is 2. The van der Waals surface area contributed by atoms with Crippen LogP contribution in [-0.4, -0.2) is 5.16 Å². The van der Waals surface area contributed by atoms with Crippen LogP contribution in [-0.2, 0) is 0 Å². The van der Waals surface area contributed by atoms with Gasteiger partial charge in [0, 0.05) is 5.56 Å². The highest BCUT2D eigenvalue weighted by atomic mass is 16.5. The summed E-state index contributed by atoms with van der Waals surface area (Å²) in [5, 5.41) is 3.69. The monoisotopic (exact) mass is 163 g/mol.